The first kappa shape index (κ1) is 61.5. The van der Waals surface area contributed by atoms with Crippen molar-refractivity contribution >= 4 is 28.0 Å². The molecule has 0 aromatic rings. The second-order valence-corrected chi connectivity index (χ2v) is 13.1. The van der Waals surface area contributed by atoms with E-state index in [1.807, 2.05) is 0 Å². The van der Waals surface area contributed by atoms with E-state index in [0.717, 1.165) is 0 Å². The monoisotopic (exact) mass is 1020 g/mol. The molecule has 62 heavy (non-hydrogen) atoms. The van der Waals surface area contributed by atoms with Gasteiger partial charge in [-0.2, -0.15) is 119 Å². The zero-order chi connectivity index (χ0) is 49.5. The minimum atomic E-state index is -7.64. The van der Waals surface area contributed by atoms with Gasteiger partial charge in [-0.25, -0.2) is 8.42 Å². The van der Waals surface area contributed by atoms with E-state index in [1.54, 1.807) is 0 Å². The van der Waals surface area contributed by atoms with Gasteiger partial charge in [-0.3, -0.25) is 14.4 Å². The van der Waals surface area contributed by atoms with Crippen LogP contribution in [-0.2, 0) is 38.7 Å². The number of carbonyl (C=O) groups is 3. The zero-order valence-electron chi connectivity index (χ0n) is 28.9. The summed E-state index contributed by atoms with van der Waals surface area (Å²) in [4.78, 5) is 36.9. The number of halogens is 27. The predicted octanol–water partition coefficient (Wildman–Crippen LogP) is 5.12. The van der Waals surface area contributed by atoms with Gasteiger partial charge in [-0.1, -0.05) is 0 Å². The first-order valence-electron chi connectivity index (χ1n) is 14.4. The Morgan fingerprint density at radius 3 is 0.903 bits per heavy atom. The first-order chi connectivity index (χ1) is 26.4. The summed E-state index contributed by atoms with van der Waals surface area (Å²) in [6.45, 7) is -8.10. The third kappa shape index (κ3) is 12.4. The molecule has 2 atom stereocenters. The molecule has 0 aliphatic heterocycles. The first-order valence-corrected chi connectivity index (χ1v) is 15.9. The van der Waals surface area contributed by atoms with Crippen LogP contribution < -0.4 is 29.6 Å². The molecular weight excluding hydrogens is 1000 g/mol. The molecule has 362 valence electrons. The van der Waals surface area contributed by atoms with Crippen LogP contribution >= 0.6 is 0 Å². The normalized spacial score (nSPS) is 15.9. The van der Waals surface area contributed by atoms with Crippen LogP contribution in [0.5, 0.6) is 0 Å². The summed E-state index contributed by atoms with van der Waals surface area (Å²) in [5.41, 5.74) is 0. The molecule has 0 aliphatic carbocycles. The molecule has 38 heteroatoms. The molecule has 0 amide bonds. The van der Waals surface area contributed by atoms with Crippen molar-refractivity contribution in [2.24, 2.45) is 5.92 Å². The smallest absolute Gasteiger partial charge is 0.747 e. The average molecular weight is 1020 g/mol. The van der Waals surface area contributed by atoms with Crippen molar-refractivity contribution in [3.05, 3.63) is 0 Å². The molecule has 0 fully saturated rings. The molecule has 0 rings (SSSR count). The molecule has 0 bridgehead atoms. The standard InChI is InChI=1S/C24H17F27O9S.Na/c25-13(26,16(31,32)19(37,38)22(43,44)45)1-4-58-9(52)7-8(11(53)59-5-2-14(27,28)17(33,34)20(39,40)23(46,47)48)10(61(55,56)57)12(54)60-6-3-15(29,30)18(35,36)21(41,42)24(49,50)51;/h8,10H,1-7H2,(H,55,56,57);/q;+1/p-1. The Hall–Kier alpha value is -2.57. The van der Waals surface area contributed by atoms with Crippen molar-refractivity contribution in [2.75, 3.05) is 19.8 Å². The van der Waals surface area contributed by atoms with E-state index in [0.29, 0.717) is 0 Å². The Morgan fingerprint density at radius 1 is 0.419 bits per heavy atom. The maximum absolute atomic E-state index is 13.8. The minimum Gasteiger partial charge on any atom is -0.747 e. The van der Waals surface area contributed by atoms with Crippen molar-refractivity contribution in [2.45, 2.75) is 103 Å². The Labute approximate surface area is 345 Å². The van der Waals surface area contributed by atoms with Gasteiger partial charge in [0.25, 0.3) is 0 Å². The number of alkyl halides is 27. The molecule has 0 radical (unpaired) electrons. The van der Waals surface area contributed by atoms with E-state index in [-0.39, 0.29) is 29.6 Å². The van der Waals surface area contributed by atoms with Crippen molar-refractivity contribution < 1.29 is 190 Å². The second kappa shape index (κ2) is 19.1. The molecule has 0 heterocycles. The van der Waals surface area contributed by atoms with Gasteiger partial charge in [0.2, 0.25) is 0 Å². The summed E-state index contributed by atoms with van der Waals surface area (Å²) in [6, 6.07) is 0. The van der Waals surface area contributed by atoms with Gasteiger partial charge < -0.3 is 18.8 Å². The van der Waals surface area contributed by atoms with Gasteiger partial charge in [0.1, 0.15) is 10.1 Å². The molecular formula is C24H16F27NaO9S. The summed E-state index contributed by atoms with van der Waals surface area (Å²) in [6.07, 6.45) is -34.7. The van der Waals surface area contributed by atoms with Gasteiger partial charge in [-0.05, 0) is 0 Å². The topological polar surface area (TPSA) is 136 Å². The predicted molar refractivity (Wildman–Crippen MR) is 131 cm³/mol. The van der Waals surface area contributed by atoms with Crippen molar-refractivity contribution in [1.29, 1.82) is 0 Å². The summed E-state index contributed by atoms with van der Waals surface area (Å²) in [5, 5.41) is -4.37. The maximum atomic E-state index is 13.8. The number of ether oxygens (including phenoxy) is 3. The van der Waals surface area contributed by atoms with Crippen molar-refractivity contribution in [3.63, 3.8) is 0 Å². The Kier molecular flexibility index (Phi) is 19.0. The van der Waals surface area contributed by atoms with Crippen LogP contribution in [0.25, 0.3) is 0 Å². The third-order valence-electron chi connectivity index (χ3n) is 7.23. The number of esters is 3. The molecule has 0 aromatic carbocycles. The molecule has 0 N–H and O–H groups in total. The minimum absolute atomic E-state index is 0. The van der Waals surface area contributed by atoms with E-state index >= 15 is 0 Å². The molecule has 9 nitrogen and oxygen atoms in total. The fourth-order valence-corrected chi connectivity index (χ4v) is 4.69. The number of hydrogen-bond donors (Lipinski definition) is 0. The van der Waals surface area contributed by atoms with E-state index in [9.17, 15) is 146 Å². The van der Waals surface area contributed by atoms with E-state index < -0.39 is 157 Å². The summed E-state index contributed by atoms with van der Waals surface area (Å²) in [5.74, 6) is -78.4. The van der Waals surface area contributed by atoms with Crippen LogP contribution in [0.3, 0.4) is 0 Å². The van der Waals surface area contributed by atoms with Gasteiger partial charge in [0.05, 0.1) is 51.4 Å². The Balaban J connectivity index is 0. The maximum Gasteiger partial charge on any atom is 1.00 e. The second-order valence-electron chi connectivity index (χ2n) is 11.6. The van der Waals surface area contributed by atoms with Gasteiger partial charge in [0, 0.05) is 0 Å². The SMILES string of the molecule is O=C(CC(C(=O)OCCC(F)(F)C(F)(F)C(F)(F)C(F)(F)F)C(C(=O)OCCC(F)(F)C(F)(F)C(F)(F)C(F)(F)F)S(=O)(=O)[O-])OCCC(F)(F)C(F)(F)C(F)(F)C(F)(F)F.[Na+]. The van der Waals surface area contributed by atoms with Crippen LogP contribution in [0.2, 0.25) is 0 Å². The van der Waals surface area contributed by atoms with Crippen LogP contribution in [0.15, 0.2) is 0 Å². The molecule has 0 aromatic heterocycles. The van der Waals surface area contributed by atoms with E-state index in [1.165, 1.54) is 0 Å². The van der Waals surface area contributed by atoms with Gasteiger partial charge >= 0.3 is 119 Å². The molecule has 0 saturated heterocycles. The van der Waals surface area contributed by atoms with Crippen LogP contribution in [0, 0.1) is 5.92 Å². The summed E-state index contributed by atoms with van der Waals surface area (Å²) in [7, 11) is -7.04. The number of rotatable bonds is 21. The average Bonchev–Trinajstić information content (AvgIpc) is 3.01. The van der Waals surface area contributed by atoms with E-state index in [4.69, 9.17) is 0 Å². The van der Waals surface area contributed by atoms with Crippen LogP contribution in [0.4, 0.5) is 119 Å². The number of carbonyl (C=O) groups excluding carboxylic acids is 3. The molecule has 0 aliphatic rings. The van der Waals surface area contributed by atoms with E-state index in [2.05, 4.69) is 14.2 Å². The summed E-state index contributed by atoms with van der Waals surface area (Å²) < 4.78 is 398. The van der Waals surface area contributed by atoms with Gasteiger partial charge in [0.15, 0.2) is 5.25 Å². The van der Waals surface area contributed by atoms with Crippen molar-refractivity contribution in [1.82, 2.24) is 0 Å². The fraction of sp³-hybridized carbons (Fsp3) is 0.875. The molecule has 0 saturated carbocycles. The fourth-order valence-electron chi connectivity index (χ4n) is 3.77. The van der Waals surface area contributed by atoms with Crippen LogP contribution in [-0.4, -0.2) is 128 Å². The third-order valence-corrected chi connectivity index (χ3v) is 8.37. The largest absolute Gasteiger partial charge is 1.00 e. The van der Waals surface area contributed by atoms with Gasteiger partial charge in [-0.15, -0.1) is 0 Å². The molecule has 0 spiro atoms. The Morgan fingerprint density at radius 2 is 0.661 bits per heavy atom. The van der Waals surface area contributed by atoms with Crippen LogP contribution in [0.1, 0.15) is 25.7 Å². The molecule has 2 unspecified atom stereocenters. The quantitative estimate of drug-likeness (QED) is 0.0506. The van der Waals surface area contributed by atoms with Crippen molar-refractivity contribution in [3.8, 4) is 0 Å². The number of hydrogen-bond acceptors (Lipinski definition) is 9. The zero-order valence-corrected chi connectivity index (χ0v) is 31.7. The summed E-state index contributed by atoms with van der Waals surface area (Å²) >= 11 is 0. The Bertz CT molecular complexity index is 1670.